The standard InChI is InChI=1S/C11H10Cl2N4O/c1-5(6-2-3-6)17-7-4-8(12)15-16-10(7)14-9(13)11(17)18/h4-6H,2-3H2,1H3/t5-/m0/s1. The van der Waals surface area contributed by atoms with Crippen molar-refractivity contribution in [1.82, 2.24) is 19.7 Å². The lowest BCUT2D eigenvalue weighted by Gasteiger charge is -2.16. The highest BCUT2D eigenvalue weighted by Gasteiger charge is 2.31. The molecule has 1 aliphatic rings. The van der Waals surface area contributed by atoms with Crippen LogP contribution in [0.4, 0.5) is 0 Å². The van der Waals surface area contributed by atoms with Gasteiger partial charge in [0.25, 0.3) is 5.56 Å². The van der Waals surface area contributed by atoms with Gasteiger partial charge < -0.3 is 0 Å². The van der Waals surface area contributed by atoms with Crippen LogP contribution in [0.25, 0.3) is 11.2 Å². The molecule has 0 radical (unpaired) electrons. The maximum Gasteiger partial charge on any atom is 0.289 e. The van der Waals surface area contributed by atoms with Crippen LogP contribution in [-0.2, 0) is 0 Å². The third kappa shape index (κ3) is 1.87. The van der Waals surface area contributed by atoms with Gasteiger partial charge in [-0.1, -0.05) is 23.2 Å². The van der Waals surface area contributed by atoms with E-state index in [4.69, 9.17) is 23.2 Å². The van der Waals surface area contributed by atoms with Gasteiger partial charge in [0.2, 0.25) is 0 Å². The topological polar surface area (TPSA) is 60.7 Å². The van der Waals surface area contributed by atoms with Crippen molar-refractivity contribution in [3.05, 3.63) is 26.7 Å². The molecular weight excluding hydrogens is 275 g/mol. The van der Waals surface area contributed by atoms with E-state index in [9.17, 15) is 4.79 Å². The van der Waals surface area contributed by atoms with E-state index in [0.717, 1.165) is 12.8 Å². The number of aromatic nitrogens is 4. The quantitative estimate of drug-likeness (QED) is 0.850. The summed E-state index contributed by atoms with van der Waals surface area (Å²) in [6.45, 7) is 2.00. The van der Waals surface area contributed by atoms with Gasteiger partial charge in [-0.25, -0.2) is 4.98 Å². The molecule has 1 atom stereocenters. The molecule has 2 heterocycles. The lowest BCUT2D eigenvalue weighted by atomic mass is 10.2. The van der Waals surface area contributed by atoms with Crippen molar-refractivity contribution in [1.29, 1.82) is 0 Å². The van der Waals surface area contributed by atoms with Crippen LogP contribution in [0.5, 0.6) is 0 Å². The first-order valence-corrected chi connectivity index (χ1v) is 6.44. The van der Waals surface area contributed by atoms with E-state index in [1.165, 1.54) is 0 Å². The fourth-order valence-electron chi connectivity index (χ4n) is 2.15. The molecule has 0 aromatic carbocycles. The first-order chi connectivity index (χ1) is 8.58. The number of nitrogens with zero attached hydrogens (tertiary/aromatic N) is 4. The molecule has 1 fully saturated rings. The van der Waals surface area contributed by atoms with Crippen LogP contribution in [0.2, 0.25) is 10.3 Å². The fourth-order valence-corrected chi connectivity index (χ4v) is 2.47. The second-order valence-corrected chi connectivity index (χ2v) is 5.28. The van der Waals surface area contributed by atoms with Gasteiger partial charge in [-0.15, -0.1) is 10.2 Å². The van der Waals surface area contributed by atoms with Gasteiger partial charge in [-0.3, -0.25) is 9.36 Å². The number of rotatable bonds is 2. The average Bonchev–Trinajstić information content (AvgIpc) is 3.15. The summed E-state index contributed by atoms with van der Waals surface area (Å²) in [6, 6.07) is 1.67. The molecule has 1 saturated carbocycles. The van der Waals surface area contributed by atoms with E-state index in [1.54, 1.807) is 10.6 Å². The maximum absolute atomic E-state index is 12.1. The SMILES string of the molecule is C[C@@H](C1CC1)n1c(=O)c(Cl)nc2nnc(Cl)cc21. The molecule has 3 rings (SSSR count). The van der Waals surface area contributed by atoms with Crippen LogP contribution in [0.3, 0.4) is 0 Å². The van der Waals surface area contributed by atoms with Crippen LogP contribution >= 0.6 is 23.2 Å². The predicted molar refractivity (Wildman–Crippen MR) is 69.0 cm³/mol. The Morgan fingerprint density at radius 2 is 2.11 bits per heavy atom. The highest BCUT2D eigenvalue weighted by molar-refractivity contribution is 6.30. The van der Waals surface area contributed by atoms with E-state index in [0.29, 0.717) is 17.1 Å². The number of halogens is 2. The molecule has 0 aliphatic heterocycles. The number of hydrogen-bond donors (Lipinski definition) is 0. The summed E-state index contributed by atoms with van der Waals surface area (Å²) in [7, 11) is 0. The molecule has 0 bridgehead atoms. The van der Waals surface area contributed by atoms with Gasteiger partial charge in [0.05, 0.1) is 5.52 Å². The Kier molecular flexibility index (Phi) is 2.75. The molecule has 7 heteroatoms. The lowest BCUT2D eigenvalue weighted by molar-refractivity contribution is 0.484. The van der Waals surface area contributed by atoms with Crippen LogP contribution in [-0.4, -0.2) is 19.7 Å². The smallest absolute Gasteiger partial charge is 0.289 e. The zero-order valence-electron chi connectivity index (χ0n) is 9.60. The molecule has 0 spiro atoms. The molecule has 2 aromatic heterocycles. The molecular formula is C11H10Cl2N4O. The van der Waals surface area contributed by atoms with Gasteiger partial charge in [0.1, 0.15) is 0 Å². The van der Waals surface area contributed by atoms with Crippen molar-refractivity contribution in [3.8, 4) is 0 Å². The zero-order valence-corrected chi connectivity index (χ0v) is 11.1. The minimum absolute atomic E-state index is 0.0702. The van der Waals surface area contributed by atoms with Crippen LogP contribution in [0.15, 0.2) is 10.9 Å². The first kappa shape index (κ1) is 11.9. The molecule has 18 heavy (non-hydrogen) atoms. The minimum atomic E-state index is -0.298. The summed E-state index contributed by atoms with van der Waals surface area (Å²) in [5.41, 5.74) is 0.632. The third-order valence-corrected chi connectivity index (χ3v) is 3.73. The van der Waals surface area contributed by atoms with E-state index in [2.05, 4.69) is 15.2 Å². The van der Waals surface area contributed by atoms with Crippen molar-refractivity contribution in [2.24, 2.45) is 5.92 Å². The number of hydrogen-bond acceptors (Lipinski definition) is 4. The van der Waals surface area contributed by atoms with Crippen molar-refractivity contribution in [2.45, 2.75) is 25.8 Å². The molecule has 0 unspecified atom stereocenters. The molecule has 2 aromatic rings. The minimum Gasteiger partial charge on any atom is -0.299 e. The maximum atomic E-state index is 12.1. The summed E-state index contributed by atoms with van der Waals surface area (Å²) in [5.74, 6) is 0.510. The van der Waals surface area contributed by atoms with Gasteiger partial charge in [-0.2, -0.15) is 0 Å². The zero-order chi connectivity index (χ0) is 12.9. The molecule has 0 amide bonds. The lowest BCUT2D eigenvalue weighted by Crippen LogP contribution is -2.26. The van der Waals surface area contributed by atoms with Crippen molar-refractivity contribution in [2.75, 3.05) is 0 Å². The van der Waals surface area contributed by atoms with E-state index in [1.807, 2.05) is 6.92 Å². The Balaban J connectivity index is 2.34. The number of fused-ring (bicyclic) bond motifs is 1. The summed E-state index contributed by atoms with van der Waals surface area (Å²) >= 11 is 11.7. The second-order valence-electron chi connectivity index (χ2n) is 4.53. The van der Waals surface area contributed by atoms with Crippen LogP contribution in [0, 0.1) is 5.92 Å². The van der Waals surface area contributed by atoms with Crippen molar-refractivity contribution < 1.29 is 0 Å². The second kappa shape index (κ2) is 4.17. The summed E-state index contributed by atoms with van der Waals surface area (Å²) in [4.78, 5) is 16.1. The predicted octanol–water partition coefficient (Wildman–Crippen LogP) is 2.46. The first-order valence-electron chi connectivity index (χ1n) is 5.69. The molecule has 0 N–H and O–H groups in total. The van der Waals surface area contributed by atoms with E-state index < -0.39 is 0 Å². The Labute approximate surface area is 113 Å². The van der Waals surface area contributed by atoms with E-state index >= 15 is 0 Å². The molecule has 94 valence electrons. The van der Waals surface area contributed by atoms with Crippen LogP contribution < -0.4 is 5.56 Å². The van der Waals surface area contributed by atoms with E-state index in [-0.39, 0.29) is 21.9 Å². The molecule has 5 nitrogen and oxygen atoms in total. The molecule has 0 saturated heterocycles. The van der Waals surface area contributed by atoms with Gasteiger partial charge in [0, 0.05) is 12.1 Å². The summed E-state index contributed by atoms with van der Waals surface area (Å²) < 4.78 is 1.63. The fraction of sp³-hybridized carbons (Fsp3) is 0.455. The average molecular weight is 285 g/mol. The Morgan fingerprint density at radius 1 is 1.39 bits per heavy atom. The van der Waals surface area contributed by atoms with Gasteiger partial charge in [0.15, 0.2) is 16.0 Å². The Bertz CT molecular complexity index is 681. The molecule has 1 aliphatic carbocycles. The van der Waals surface area contributed by atoms with Crippen molar-refractivity contribution >= 4 is 34.4 Å². The highest BCUT2D eigenvalue weighted by Crippen LogP contribution is 2.39. The van der Waals surface area contributed by atoms with Gasteiger partial charge >= 0.3 is 0 Å². The van der Waals surface area contributed by atoms with Gasteiger partial charge in [-0.05, 0) is 25.7 Å². The van der Waals surface area contributed by atoms with Crippen LogP contribution in [0.1, 0.15) is 25.8 Å². The summed E-state index contributed by atoms with van der Waals surface area (Å²) in [5, 5.41) is 7.75. The Hall–Kier alpha value is -1.20. The highest BCUT2D eigenvalue weighted by atomic mass is 35.5. The third-order valence-electron chi connectivity index (χ3n) is 3.30. The summed E-state index contributed by atoms with van der Waals surface area (Å²) in [6.07, 6.45) is 2.25. The Morgan fingerprint density at radius 3 is 2.78 bits per heavy atom. The van der Waals surface area contributed by atoms with Crippen molar-refractivity contribution in [3.63, 3.8) is 0 Å². The monoisotopic (exact) mass is 284 g/mol. The normalized spacial score (nSPS) is 17.1. The largest absolute Gasteiger partial charge is 0.299 e.